The first-order chi connectivity index (χ1) is 18.2. The maximum atomic E-state index is 13.3. The molecule has 0 bridgehead atoms. The SMILES string of the molecule is CN1C(=O)[C@@H](NC(=O)C(CCC(F)(F)F)C(CCC(F)(F)F)C(N)=O)N=C(c2ccccc2)c2ccccc21. The number of amides is 3. The fraction of sp³-hybridized carbons (Fsp3) is 0.385. The number of nitrogens with two attached hydrogens (primary N) is 1. The number of hydrogen-bond donors (Lipinski definition) is 2. The minimum absolute atomic E-state index is 0.296. The molecule has 2 aromatic rings. The lowest BCUT2D eigenvalue weighted by atomic mass is 9.83. The summed E-state index contributed by atoms with van der Waals surface area (Å²) in [6.45, 7) is 0. The summed E-state index contributed by atoms with van der Waals surface area (Å²) in [5.74, 6) is -7.08. The maximum Gasteiger partial charge on any atom is 0.389 e. The second-order valence-corrected chi connectivity index (χ2v) is 9.09. The molecule has 0 radical (unpaired) electrons. The van der Waals surface area contributed by atoms with Crippen LogP contribution in [-0.4, -0.2) is 49.0 Å². The summed E-state index contributed by atoms with van der Waals surface area (Å²) in [4.78, 5) is 44.2. The number of likely N-dealkylation sites (N-methyl/N-ethyl adjacent to an activating group) is 1. The Morgan fingerprint density at radius 3 is 2.03 bits per heavy atom. The zero-order chi connectivity index (χ0) is 29.0. The Labute approximate surface area is 220 Å². The third-order valence-corrected chi connectivity index (χ3v) is 6.33. The number of rotatable bonds is 9. The van der Waals surface area contributed by atoms with E-state index in [1.54, 1.807) is 54.6 Å². The lowest BCUT2D eigenvalue weighted by molar-refractivity contribution is -0.152. The van der Waals surface area contributed by atoms with Gasteiger partial charge < -0.3 is 16.0 Å². The topological polar surface area (TPSA) is 105 Å². The molecule has 3 amide bonds. The monoisotopic (exact) mass is 556 g/mol. The zero-order valence-electron chi connectivity index (χ0n) is 20.7. The maximum absolute atomic E-state index is 13.3. The first-order valence-corrected chi connectivity index (χ1v) is 11.9. The number of nitrogens with one attached hydrogen (secondary N) is 1. The number of benzodiazepines with no additional fused rings is 1. The van der Waals surface area contributed by atoms with Gasteiger partial charge in [-0.1, -0.05) is 48.5 Å². The molecule has 0 aliphatic carbocycles. The molecule has 0 saturated heterocycles. The molecule has 3 rings (SSSR count). The first-order valence-electron chi connectivity index (χ1n) is 11.9. The van der Waals surface area contributed by atoms with Gasteiger partial charge >= 0.3 is 12.4 Å². The molecular weight excluding hydrogens is 530 g/mol. The van der Waals surface area contributed by atoms with E-state index in [1.807, 2.05) is 0 Å². The Kier molecular flexibility index (Phi) is 9.03. The third kappa shape index (κ3) is 7.80. The molecule has 0 saturated carbocycles. The summed E-state index contributed by atoms with van der Waals surface area (Å²) in [7, 11) is 1.42. The molecule has 1 aliphatic heterocycles. The van der Waals surface area contributed by atoms with Crippen molar-refractivity contribution in [1.29, 1.82) is 0 Å². The van der Waals surface area contributed by atoms with Crippen LogP contribution in [0, 0.1) is 11.8 Å². The lowest BCUT2D eigenvalue weighted by Crippen LogP contribution is -2.50. The number of carbonyl (C=O) groups excluding carboxylic acids is 3. The van der Waals surface area contributed by atoms with Crippen molar-refractivity contribution < 1.29 is 40.7 Å². The van der Waals surface area contributed by atoms with Gasteiger partial charge in [-0.2, -0.15) is 26.3 Å². The van der Waals surface area contributed by atoms with Gasteiger partial charge in [0, 0.05) is 42.9 Å². The summed E-state index contributed by atoms with van der Waals surface area (Å²) in [5, 5.41) is 2.27. The molecule has 2 unspecified atom stereocenters. The van der Waals surface area contributed by atoms with E-state index in [-0.39, 0.29) is 0 Å². The number of aliphatic imine (C=N–C) groups is 1. The van der Waals surface area contributed by atoms with Crippen LogP contribution >= 0.6 is 0 Å². The largest absolute Gasteiger partial charge is 0.389 e. The normalized spacial score (nSPS) is 17.5. The van der Waals surface area contributed by atoms with Crippen LogP contribution < -0.4 is 16.0 Å². The number of alkyl halides is 6. The van der Waals surface area contributed by atoms with Gasteiger partial charge in [-0.05, 0) is 18.9 Å². The van der Waals surface area contributed by atoms with Gasteiger partial charge in [-0.25, -0.2) is 4.99 Å². The number of anilines is 1. The Bertz CT molecular complexity index is 1230. The van der Waals surface area contributed by atoms with E-state index in [0.29, 0.717) is 22.5 Å². The van der Waals surface area contributed by atoms with Crippen molar-refractivity contribution in [3.05, 3.63) is 65.7 Å². The summed E-state index contributed by atoms with van der Waals surface area (Å²) in [6.07, 6.45) is -16.2. The van der Waals surface area contributed by atoms with Crippen molar-refractivity contribution in [2.24, 2.45) is 22.6 Å². The number of hydrogen-bond acceptors (Lipinski definition) is 4. The van der Waals surface area contributed by atoms with Crippen molar-refractivity contribution in [3.8, 4) is 0 Å². The van der Waals surface area contributed by atoms with E-state index in [9.17, 15) is 40.7 Å². The molecule has 0 spiro atoms. The quantitative estimate of drug-likeness (QED) is 0.449. The second-order valence-electron chi connectivity index (χ2n) is 9.09. The average molecular weight is 557 g/mol. The summed E-state index contributed by atoms with van der Waals surface area (Å²) >= 11 is 0. The van der Waals surface area contributed by atoms with E-state index in [1.165, 1.54) is 11.9 Å². The highest BCUT2D eigenvalue weighted by molar-refractivity contribution is 6.20. The Morgan fingerprint density at radius 2 is 1.46 bits per heavy atom. The van der Waals surface area contributed by atoms with E-state index >= 15 is 0 Å². The Balaban J connectivity index is 2.00. The number of para-hydroxylation sites is 1. The predicted molar refractivity (Wildman–Crippen MR) is 131 cm³/mol. The number of nitrogens with zero attached hydrogens (tertiary/aromatic N) is 2. The molecule has 0 aromatic heterocycles. The lowest BCUT2D eigenvalue weighted by Gasteiger charge is -2.27. The highest BCUT2D eigenvalue weighted by Crippen LogP contribution is 2.33. The molecular formula is C26H26F6N4O3. The van der Waals surface area contributed by atoms with Crippen LogP contribution in [0.4, 0.5) is 32.0 Å². The molecule has 3 N–H and O–H groups in total. The van der Waals surface area contributed by atoms with E-state index in [4.69, 9.17) is 5.73 Å². The molecule has 0 fully saturated rings. The number of fused-ring (bicyclic) bond motifs is 1. The van der Waals surface area contributed by atoms with Crippen LogP contribution in [0.2, 0.25) is 0 Å². The van der Waals surface area contributed by atoms with Gasteiger partial charge in [-0.15, -0.1) is 0 Å². The van der Waals surface area contributed by atoms with Gasteiger partial charge in [0.25, 0.3) is 5.91 Å². The number of halogens is 6. The number of carbonyl (C=O) groups is 3. The Hall–Kier alpha value is -3.90. The minimum Gasteiger partial charge on any atom is -0.369 e. The molecule has 2 aromatic carbocycles. The van der Waals surface area contributed by atoms with Crippen LogP contribution in [0.15, 0.2) is 59.6 Å². The molecule has 13 heteroatoms. The van der Waals surface area contributed by atoms with E-state index in [0.717, 1.165) is 0 Å². The van der Waals surface area contributed by atoms with Gasteiger partial charge in [0.2, 0.25) is 18.0 Å². The number of primary amides is 1. The standard InChI is InChI=1S/C26H26F6N4O3/c1-36-19-10-6-5-9-18(19)20(15-7-3-2-4-8-15)34-22(24(36)39)35-23(38)17(12-14-26(30,31)32)16(21(33)37)11-13-25(27,28)29/h2-10,16-17,22H,11-14H2,1H3,(H2,33,37)(H,35,38)/t16?,17?,22-/m1/s1. The van der Waals surface area contributed by atoms with Gasteiger partial charge in [-0.3, -0.25) is 14.4 Å². The van der Waals surface area contributed by atoms with Gasteiger partial charge in [0.05, 0.1) is 11.4 Å². The van der Waals surface area contributed by atoms with Crippen LogP contribution in [0.1, 0.15) is 36.8 Å². The third-order valence-electron chi connectivity index (χ3n) is 6.33. The highest BCUT2D eigenvalue weighted by Gasteiger charge is 2.41. The smallest absolute Gasteiger partial charge is 0.369 e. The minimum atomic E-state index is -4.76. The van der Waals surface area contributed by atoms with Crippen molar-refractivity contribution in [3.63, 3.8) is 0 Å². The Morgan fingerprint density at radius 1 is 0.923 bits per heavy atom. The average Bonchev–Trinajstić information content (AvgIpc) is 2.95. The van der Waals surface area contributed by atoms with Crippen LogP contribution in [0.3, 0.4) is 0 Å². The van der Waals surface area contributed by atoms with Crippen molar-refractivity contribution in [1.82, 2.24) is 5.32 Å². The zero-order valence-corrected chi connectivity index (χ0v) is 20.7. The molecule has 210 valence electrons. The van der Waals surface area contributed by atoms with Crippen molar-refractivity contribution >= 4 is 29.1 Å². The van der Waals surface area contributed by atoms with E-state index < -0.39 is 73.8 Å². The van der Waals surface area contributed by atoms with E-state index in [2.05, 4.69) is 10.3 Å². The van der Waals surface area contributed by atoms with Gasteiger partial charge in [0.1, 0.15) is 0 Å². The van der Waals surface area contributed by atoms with Gasteiger partial charge in [0.15, 0.2) is 0 Å². The summed E-state index contributed by atoms with van der Waals surface area (Å²) in [5.41, 5.74) is 7.08. The van der Waals surface area contributed by atoms with Crippen molar-refractivity contribution in [2.45, 2.75) is 44.2 Å². The fourth-order valence-corrected chi connectivity index (χ4v) is 4.38. The molecule has 7 nitrogen and oxygen atoms in total. The fourth-order valence-electron chi connectivity index (χ4n) is 4.38. The van der Waals surface area contributed by atoms with Crippen molar-refractivity contribution in [2.75, 3.05) is 11.9 Å². The van der Waals surface area contributed by atoms with Crippen LogP contribution in [0.5, 0.6) is 0 Å². The second kappa shape index (κ2) is 11.9. The summed E-state index contributed by atoms with van der Waals surface area (Å²) in [6, 6.07) is 15.3. The highest BCUT2D eigenvalue weighted by atomic mass is 19.4. The first kappa shape index (κ1) is 29.7. The molecule has 39 heavy (non-hydrogen) atoms. The molecule has 3 atom stereocenters. The van der Waals surface area contributed by atoms with Crippen LogP contribution in [0.25, 0.3) is 0 Å². The molecule has 1 aliphatic rings. The van der Waals surface area contributed by atoms with Crippen LogP contribution in [-0.2, 0) is 14.4 Å². The summed E-state index contributed by atoms with van der Waals surface area (Å²) < 4.78 is 77.7. The predicted octanol–water partition coefficient (Wildman–Crippen LogP) is 4.35. The number of benzene rings is 2. The molecule has 1 heterocycles.